The van der Waals surface area contributed by atoms with Crippen LogP contribution < -0.4 is 4.74 Å². The van der Waals surface area contributed by atoms with Gasteiger partial charge in [0, 0.05) is 44.0 Å². The molecule has 3 heteroatoms. The molecule has 10 aromatic rings. The van der Waals surface area contributed by atoms with Crippen molar-refractivity contribution >= 4 is 43.6 Å². The van der Waals surface area contributed by atoms with Crippen molar-refractivity contribution in [3.05, 3.63) is 204 Å². The van der Waals surface area contributed by atoms with E-state index in [2.05, 4.69) is 191 Å². The molecule has 3 heterocycles. The van der Waals surface area contributed by atoms with E-state index >= 15 is 0 Å². The van der Waals surface area contributed by atoms with E-state index in [1.807, 2.05) is 0 Å². The summed E-state index contributed by atoms with van der Waals surface area (Å²) in [6.07, 6.45) is 0. The zero-order chi connectivity index (χ0) is 34.0. The number of para-hydroxylation sites is 5. The molecule has 0 N–H and O–H groups in total. The number of benzene rings is 8. The largest absolute Gasteiger partial charge is 0.457 e. The van der Waals surface area contributed by atoms with Gasteiger partial charge in [-0.25, -0.2) is 0 Å². The molecule has 12 rings (SSSR count). The topological polar surface area (TPSA) is 19.1 Å². The molecule has 0 unspecified atom stereocenters. The van der Waals surface area contributed by atoms with Crippen LogP contribution in [-0.4, -0.2) is 9.13 Å². The molecule has 0 atom stereocenters. The highest BCUT2D eigenvalue weighted by Crippen LogP contribution is 2.62. The van der Waals surface area contributed by atoms with Crippen LogP contribution in [0.15, 0.2) is 182 Å². The monoisotopic (exact) mass is 662 g/mol. The van der Waals surface area contributed by atoms with Crippen molar-refractivity contribution in [2.24, 2.45) is 0 Å². The Labute approximate surface area is 300 Å². The molecular formula is C49H30N2O. The molecule has 0 saturated heterocycles. The minimum absolute atomic E-state index is 0.529. The molecule has 0 amide bonds. The van der Waals surface area contributed by atoms with Crippen LogP contribution in [0.2, 0.25) is 0 Å². The van der Waals surface area contributed by atoms with Crippen LogP contribution in [0.1, 0.15) is 22.3 Å². The van der Waals surface area contributed by atoms with E-state index in [4.69, 9.17) is 4.74 Å². The van der Waals surface area contributed by atoms with Crippen molar-refractivity contribution in [3.8, 4) is 34.0 Å². The van der Waals surface area contributed by atoms with Gasteiger partial charge in [-0.1, -0.05) is 121 Å². The summed E-state index contributed by atoms with van der Waals surface area (Å²) in [5.74, 6) is 1.81. The molecule has 1 spiro atoms. The number of ether oxygens (including phenoxy) is 1. The first kappa shape index (κ1) is 27.9. The molecule has 0 bridgehead atoms. The number of hydrogen-bond donors (Lipinski definition) is 0. The second-order valence-electron chi connectivity index (χ2n) is 14.0. The van der Waals surface area contributed by atoms with Gasteiger partial charge >= 0.3 is 0 Å². The Hall–Kier alpha value is -6.84. The van der Waals surface area contributed by atoms with Crippen molar-refractivity contribution < 1.29 is 4.74 Å². The third kappa shape index (κ3) is 3.45. The Morgan fingerprint density at radius 1 is 0.327 bits per heavy atom. The van der Waals surface area contributed by atoms with E-state index < -0.39 is 5.41 Å². The van der Waals surface area contributed by atoms with Gasteiger partial charge in [-0.15, -0.1) is 0 Å². The summed E-state index contributed by atoms with van der Waals surface area (Å²) in [7, 11) is 0. The summed E-state index contributed by atoms with van der Waals surface area (Å²) < 4.78 is 11.5. The predicted molar refractivity (Wildman–Crippen MR) is 212 cm³/mol. The number of nitrogens with zero attached hydrogens (tertiary/aromatic N) is 2. The first-order valence-electron chi connectivity index (χ1n) is 17.9. The van der Waals surface area contributed by atoms with Crippen molar-refractivity contribution in [1.82, 2.24) is 9.13 Å². The molecule has 8 aromatic carbocycles. The third-order valence-electron chi connectivity index (χ3n) is 11.6. The van der Waals surface area contributed by atoms with E-state index in [1.165, 1.54) is 77.0 Å². The average Bonchev–Trinajstić information content (AvgIpc) is 3.81. The standard InChI is InChI=1S/C49H30N2O/c1-2-14-31(15-3-1)50-43-22-10-5-17-35(43)37-29-38-36-18-6-11-23-44(36)51(46(38)30-45(37)50)32-26-27-34-33-16-4-7-19-39(33)49(42(34)28-32)40-20-8-12-24-47(40)52-48-25-13-9-21-41(48)49/h1-30H. The Balaban J connectivity index is 1.20. The molecule has 0 saturated carbocycles. The van der Waals surface area contributed by atoms with Gasteiger partial charge in [0.05, 0.1) is 27.5 Å². The van der Waals surface area contributed by atoms with Crippen LogP contribution in [-0.2, 0) is 5.41 Å². The van der Waals surface area contributed by atoms with E-state index in [9.17, 15) is 0 Å². The third-order valence-corrected chi connectivity index (χ3v) is 11.6. The van der Waals surface area contributed by atoms with Crippen LogP contribution in [0.25, 0.3) is 66.1 Å². The van der Waals surface area contributed by atoms with E-state index in [-0.39, 0.29) is 0 Å². The smallest absolute Gasteiger partial charge is 0.132 e. The summed E-state index contributed by atoms with van der Waals surface area (Å²) >= 11 is 0. The second kappa shape index (κ2) is 10.1. The summed E-state index contributed by atoms with van der Waals surface area (Å²) in [4.78, 5) is 0. The summed E-state index contributed by atoms with van der Waals surface area (Å²) in [6, 6.07) is 66.4. The van der Waals surface area contributed by atoms with Gasteiger partial charge in [0.25, 0.3) is 0 Å². The van der Waals surface area contributed by atoms with E-state index in [1.54, 1.807) is 0 Å². The molecular weight excluding hydrogens is 633 g/mol. The normalized spacial score (nSPS) is 13.7. The predicted octanol–water partition coefficient (Wildman–Crippen LogP) is 12.3. The molecule has 1 aliphatic carbocycles. The molecule has 1 aliphatic heterocycles. The van der Waals surface area contributed by atoms with Gasteiger partial charge in [-0.2, -0.15) is 0 Å². The molecule has 52 heavy (non-hydrogen) atoms. The first-order valence-corrected chi connectivity index (χ1v) is 17.9. The van der Waals surface area contributed by atoms with Crippen molar-refractivity contribution in [2.45, 2.75) is 5.41 Å². The van der Waals surface area contributed by atoms with E-state index in [0.29, 0.717) is 0 Å². The lowest BCUT2D eigenvalue weighted by molar-refractivity contribution is 0.436. The maximum Gasteiger partial charge on any atom is 0.132 e. The van der Waals surface area contributed by atoms with Gasteiger partial charge in [0.1, 0.15) is 11.5 Å². The lowest BCUT2D eigenvalue weighted by Gasteiger charge is -2.39. The maximum absolute atomic E-state index is 6.62. The van der Waals surface area contributed by atoms with Crippen LogP contribution in [0, 0.1) is 0 Å². The molecule has 2 aromatic heterocycles. The van der Waals surface area contributed by atoms with Gasteiger partial charge in [0.2, 0.25) is 0 Å². The fourth-order valence-electron chi connectivity index (χ4n) is 9.55. The summed E-state index contributed by atoms with van der Waals surface area (Å²) in [6.45, 7) is 0. The molecule has 0 radical (unpaired) electrons. The Kier molecular flexibility index (Phi) is 5.43. The van der Waals surface area contributed by atoms with Crippen molar-refractivity contribution in [1.29, 1.82) is 0 Å². The molecule has 0 fully saturated rings. The van der Waals surface area contributed by atoms with Gasteiger partial charge in [-0.3, -0.25) is 0 Å². The Bertz CT molecular complexity index is 3060. The highest BCUT2D eigenvalue weighted by atomic mass is 16.5. The summed E-state index contributed by atoms with van der Waals surface area (Å²) in [5.41, 5.74) is 14.0. The van der Waals surface area contributed by atoms with Crippen molar-refractivity contribution in [3.63, 3.8) is 0 Å². The molecule has 242 valence electrons. The van der Waals surface area contributed by atoms with E-state index in [0.717, 1.165) is 22.9 Å². The van der Waals surface area contributed by atoms with Crippen LogP contribution in [0.3, 0.4) is 0 Å². The Morgan fingerprint density at radius 3 is 1.52 bits per heavy atom. The van der Waals surface area contributed by atoms with Gasteiger partial charge < -0.3 is 13.9 Å². The fourth-order valence-corrected chi connectivity index (χ4v) is 9.55. The highest BCUT2D eigenvalue weighted by molar-refractivity contribution is 6.19. The quantitative estimate of drug-likeness (QED) is 0.180. The minimum atomic E-state index is -0.529. The van der Waals surface area contributed by atoms with Gasteiger partial charge in [-0.05, 0) is 82.9 Å². The lowest BCUT2D eigenvalue weighted by atomic mass is 9.66. The average molecular weight is 663 g/mol. The van der Waals surface area contributed by atoms with Crippen LogP contribution in [0.5, 0.6) is 11.5 Å². The number of aromatic nitrogens is 2. The number of rotatable bonds is 2. The summed E-state index contributed by atoms with van der Waals surface area (Å²) in [5, 5.41) is 5.01. The highest BCUT2D eigenvalue weighted by Gasteiger charge is 2.51. The van der Waals surface area contributed by atoms with Gasteiger partial charge in [0.15, 0.2) is 0 Å². The molecule has 2 aliphatic rings. The van der Waals surface area contributed by atoms with Crippen LogP contribution >= 0.6 is 0 Å². The minimum Gasteiger partial charge on any atom is -0.457 e. The number of fused-ring (bicyclic) bond motifs is 15. The lowest BCUT2D eigenvalue weighted by Crippen LogP contribution is -2.32. The fraction of sp³-hybridized carbons (Fsp3) is 0.0204. The Morgan fingerprint density at radius 2 is 0.846 bits per heavy atom. The van der Waals surface area contributed by atoms with Crippen LogP contribution in [0.4, 0.5) is 0 Å². The first-order chi connectivity index (χ1) is 25.8. The maximum atomic E-state index is 6.62. The number of hydrogen-bond acceptors (Lipinski definition) is 1. The zero-order valence-corrected chi connectivity index (χ0v) is 28.1. The molecule has 3 nitrogen and oxygen atoms in total. The SMILES string of the molecule is c1ccc(-n2c3ccccc3c3cc4c5ccccc5n(-c5ccc6c(c5)C5(c7ccccc7Oc7ccccc75)c5ccccc5-6)c4cc32)cc1. The zero-order valence-electron chi connectivity index (χ0n) is 28.1. The second-order valence-corrected chi connectivity index (χ2v) is 14.0. The van der Waals surface area contributed by atoms with Crippen molar-refractivity contribution in [2.75, 3.05) is 0 Å².